The highest BCUT2D eigenvalue weighted by Crippen LogP contribution is 2.21. The lowest BCUT2D eigenvalue weighted by Crippen LogP contribution is -1.93. The summed E-state index contributed by atoms with van der Waals surface area (Å²) in [7, 11) is 0. The summed E-state index contributed by atoms with van der Waals surface area (Å²) in [5, 5.41) is 16.7. The van der Waals surface area contributed by atoms with Crippen LogP contribution >= 0.6 is 0 Å². The number of benzene rings is 1. The zero-order valence-corrected chi connectivity index (χ0v) is 7.87. The van der Waals surface area contributed by atoms with E-state index < -0.39 is 0 Å². The van der Waals surface area contributed by atoms with Crippen molar-refractivity contribution in [3.8, 4) is 0 Å². The number of aromatic nitrogens is 3. The van der Waals surface area contributed by atoms with Crippen molar-refractivity contribution in [3.63, 3.8) is 0 Å². The second-order valence-corrected chi connectivity index (χ2v) is 3.29. The van der Waals surface area contributed by atoms with Crippen molar-refractivity contribution >= 4 is 11.0 Å². The van der Waals surface area contributed by atoms with E-state index in [-0.39, 0.29) is 0 Å². The third-order valence-corrected chi connectivity index (χ3v) is 2.55. The van der Waals surface area contributed by atoms with E-state index in [1.54, 1.807) is 0 Å². The van der Waals surface area contributed by atoms with Crippen LogP contribution in [0.25, 0.3) is 11.0 Å². The lowest BCUT2D eigenvalue weighted by molar-refractivity contribution is 0.154. The standard InChI is InChI=1S/C9H11N3O/c1-5-4-8-9(7(3)6(5)2)10-11-12(8)13/h4,13H,1-3H3. The molecule has 0 fully saturated rings. The lowest BCUT2D eigenvalue weighted by atomic mass is 10.0. The van der Waals surface area contributed by atoms with Crippen molar-refractivity contribution in [3.05, 3.63) is 22.8 Å². The molecule has 0 unspecified atom stereocenters. The third kappa shape index (κ3) is 0.983. The predicted molar refractivity (Wildman–Crippen MR) is 48.9 cm³/mol. The van der Waals surface area contributed by atoms with Gasteiger partial charge >= 0.3 is 0 Å². The van der Waals surface area contributed by atoms with Gasteiger partial charge in [0.15, 0.2) is 0 Å². The summed E-state index contributed by atoms with van der Waals surface area (Å²) in [6, 6.07) is 1.89. The minimum atomic E-state index is 0.667. The Labute approximate surface area is 75.8 Å². The topological polar surface area (TPSA) is 50.9 Å². The molecule has 0 amide bonds. The molecular weight excluding hydrogens is 166 g/mol. The molecular formula is C9H11N3O. The molecule has 4 heteroatoms. The number of hydrogen-bond donors (Lipinski definition) is 1. The molecule has 2 aromatic rings. The molecule has 2 rings (SSSR count). The summed E-state index contributed by atoms with van der Waals surface area (Å²) in [6.07, 6.45) is 0. The second kappa shape index (κ2) is 2.45. The zero-order valence-electron chi connectivity index (χ0n) is 7.87. The maximum atomic E-state index is 9.29. The van der Waals surface area contributed by atoms with Gasteiger partial charge in [-0.15, -0.1) is 5.10 Å². The molecule has 68 valence electrons. The summed E-state index contributed by atoms with van der Waals surface area (Å²) in [6.45, 7) is 6.04. The number of rotatable bonds is 0. The fourth-order valence-electron chi connectivity index (χ4n) is 1.46. The van der Waals surface area contributed by atoms with E-state index in [2.05, 4.69) is 10.3 Å². The van der Waals surface area contributed by atoms with Crippen LogP contribution in [0.3, 0.4) is 0 Å². The van der Waals surface area contributed by atoms with Crippen LogP contribution in [0.15, 0.2) is 6.07 Å². The summed E-state index contributed by atoms with van der Waals surface area (Å²) in [5.74, 6) is 0. The van der Waals surface area contributed by atoms with Gasteiger partial charge in [0, 0.05) is 0 Å². The zero-order chi connectivity index (χ0) is 9.59. The molecule has 13 heavy (non-hydrogen) atoms. The van der Waals surface area contributed by atoms with Crippen LogP contribution in [0.5, 0.6) is 0 Å². The highest BCUT2D eigenvalue weighted by atomic mass is 16.5. The molecule has 4 nitrogen and oxygen atoms in total. The first-order valence-electron chi connectivity index (χ1n) is 4.12. The Morgan fingerprint density at radius 2 is 1.92 bits per heavy atom. The smallest absolute Gasteiger partial charge is 0.131 e. The van der Waals surface area contributed by atoms with Gasteiger partial charge in [-0.05, 0) is 48.7 Å². The monoisotopic (exact) mass is 177 g/mol. The van der Waals surface area contributed by atoms with Crippen molar-refractivity contribution in [2.24, 2.45) is 0 Å². The van der Waals surface area contributed by atoms with E-state index in [1.807, 2.05) is 26.8 Å². The fraction of sp³-hybridized carbons (Fsp3) is 0.333. The molecule has 0 atom stereocenters. The Kier molecular flexibility index (Phi) is 1.52. The van der Waals surface area contributed by atoms with Crippen molar-refractivity contribution in [1.82, 2.24) is 15.2 Å². The Morgan fingerprint density at radius 3 is 2.62 bits per heavy atom. The van der Waals surface area contributed by atoms with Crippen molar-refractivity contribution in [2.75, 3.05) is 0 Å². The molecule has 0 spiro atoms. The van der Waals surface area contributed by atoms with Crippen molar-refractivity contribution in [1.29, 1.82) is 0 Å². The van der Waals surface area contributed by atoms with Crippen LogP contribution in [0.1, 0.15) is 16.7 Å². The number of nitrogens with zero attached hydrogens (tertiary/aromatic N) is 3. The quantitative estimate of drug-likeness (QED) is 0.622. The Morgan fingerprint density at radius 1 is 1.23 bits per heavy atom. The first-order valence-corrected chi connectivity index (χ1v) is 4.12. The molecule has 1 heterocycles. The predicted octanol–water partition coefficient (Wildman–Crippen LogP) is 1.59. The molecule has 0 aliphatic carbocycles. The number of hydrogen-bond acceptors (Lipinski definition) is 3. The molecule has 0 aliphatic heterocycles. The molecule has 1 aromatic heterocycles. The van der Waals surface area contributed by atoms with Crippen LogP contribution in [-0.4, -0.2) is 20.4 Å². The molecule has 1 aromatic carbocycles. The maximum absolute atomic E-state index is 9.29. The fourth-order valence-corrected chi connectivity index (χ4v) is 1.46. The van der Waals surface area contributed by atoms with E-state index in [0.29, 0.717) is 5.52 Å². The van der Waals surface area contributed by atoms with Gasteiger partial charge in [0.2, 0.25) is 0 Å². The normalized spacial score (nSPS) is 11.0. The van der Waals surface area contributed by atoms with E-state index in [1.165, 1.54) is 5.56 Å². The molecule has 0 saturated heterocycles. The maximum Gasteiger partial charge on any atom is 0.131 e. The molecule has 0 aliphatic rings. The molecule has 0 bridgehead atoms. The second-order valence-electron chi connectivity index (χ2n) is 3.29. The van der Waals surface area contributed by atoms with Crippen molar-refractivity contribution < 1.29 is 5.21 Å². The highest BCUT2D eigenvalue weighted by molar-refractivity contribution is 5.80. The van der Waals surface area contributed by atoms with Gasteiger partial charge in [0.25, 0.3) is 0 Å². The number of fused-ring (bicyclic) bond motifs is 1. The molecule has 1 N–H and O–H groups in total. The van der Waals surface area contributed by atoms with Gasteiger partial charge in [-0.1, -0.05) is 4.85 Å². The average molecular weight is 177 g/mol. The first-order chi connectivity index (χ1) is 6.11. The Hall–Kier alpha value is -1.58. The van der Waals surface area contributed by atoms with E-state index in [4.69, 9.17) is 0 Å². The Balaban J connectivity index is 2.96. The van der Waals surface area contributed by atoms with Crippen LogP contribution < -0.4 is 0 Å². The van der Waals surface area contributed by atoms with E-state index in [9.17, 15) is 5.21 Å². The summed E-state index contributed by atoms with van der Waals surface area (Å²) < 4.78 is 0. The van der Waals surface area contributed by atoms with Gasteiger partial charge < -0.3 is 5.21 Å². The SMILES string of the molecule is Cc1cc2c(nnn2O)c(C)c1C. The third-order valence-electron chi connectivity index (χ3n) is 2.55. The van der Waals surface area contributed by atoms with Gasteiger partial charge in [-0.2, -0.15) is 0 Å². The highest BCUT2D eigenvalue weighted by Gasteiger charge is 2.09. The van der Waals surface area contributed by atoms with Crippen LogP contribution in [-0.2, 0) is 0 Å². The van der Waals surface area contributed by atoms with E-state index >= 15 is 0 Å². The van der Waals surface area contributed by atoms with Crippen molar-refractivity contribution in [2.45, 2.75) is 20.8 Å². The average Bonchev–Trinajstić information content (AvgIpc) is 2.45. The lowest BCUT2D eigenvalue weighted by Gasteiger charge is -2.03. The van der Waals surface area contributed by atoms with Crippen LogP contribution in [0, 0.1) is 20.8 Å². The Bertz CT molecular complexity index is 473. The van der Waals surface area contributed by atoms with Gasteiger partial charge in [-0.3, -0.25) is 0 Å². The van der Waals surface area contributed by atoms with Crippen LogP contribution in [0.2, 0.25) is 0 Å². The summed E-state index contributed by atoms with van der Waals surface area (Å²) >= 11 is 0. The minimum Gasteiger partial charge on any atom is -0.410 e. The van der Waals surface area contributed by atoms with Gasteiger partial charge in [0.05, 0.1) is 0 Å². The number of aryl methyl sites for hydroxylation is 2. The van der Waals surface area contributed by atoms with E-state index in [0.717, 1.165) is 21.5 Å². The minimum absolute atomic E-state index is 0.667. The summed E-state index contributed by atoms with van der Waals surface area (Å²) in [5.41, 5.74) is 4.86. The van der Waals surface area contributed by atoms with Gasteiger partial charge in [-0.25, -0.2) is 0 Å². The first kappa shape index (κ1) is 8.04. The molecule has 0 radical (unpaired) electrons. The largest absolute Gasteiger partial charge is 0.410 e. The summed E-state index contributed by atoms with van der Waals surface area (Å²) in [4.78, 5) is 0.814. The van der Waals surface area contributed by atoms with Gasteiger partial charge in [0.1, 0.15) is 11.0 Å². The van der Waals surface area contributed by atoms with Crippen LogP contribution in [0.4, 0.5) is 0 Å². The molecule has 0 saturated carbocycles.